The molecule has 1 saturated heterocycles. The highest BCUT2D eigenvalue weighted by atomic mass is 32.1. The summed E-state index contributed by atoms with van der Waals surface area (Å²) in [5, 5.41) is 1.01. The molecule has 3 heterocycles. The zero-order valence-electron chi connectivity index (χ0n) is 12.1. The van der Waals surface area contributed by atoms with Crippen LogP contribution < -0.4 is 4.90 Å². The van der Waals surface area contributed by atoms with Gasteiger partial charge in [-0.25, -0.2) is 4.98 Å². The first kappa shape index (κ1) is 14.4. The van der Waals surface area contributed by atoms with Gasteiger partial charge >= 0.3 is 0 Å². The van der Waals surface area contributed by atoms with Crippen molar-refractivity contribution < 1.29 is 4.74 Å². The second kappa shape index (κ2) is 6.93. The van der Waals surface area contributed by atoms with Crippen LogP contribution in [-0.2, 0) is 17.9 Å². The van der Waals surface area contributed by atoms with Crippen LogP contribution in [0.5, 0.6) is 0 Å². The SMILES string of the molecule is COCc1nsc(N2CCN(Cc3ccncc3)CC2)n1. The average molecular weight is 305 g/mol. The van der Waals surface area contributed by atoms with E-state index in [1.54, 1.807) is 7.11 Å². The molecule has 1 aliphatic heterocycles. The quantitative estimate of drug-likeness (QED) is 0.832. The van der Waals surface area contributed by atoms with E-state index in [1.807, 2.05) is 12.4 Å². The number of ether oxygens (including phenoxy) is 1. The Morgan fingerprint density at radius 3 is 2.67 bits per heavy atom. The van der Waals surface area contributed by atoms with Gasteiger partial charge in [0.2, 0.25) is 5.13 Å². The Morgan fingerprint density at radius 1 is 1.19 bits per heavy atom. The molecule has 112 valence electrons. The van der Waals surface area contributed by atoms with Crippen LogP contribution in [0.1, 0.15) is 11.4 Å². The van der Waals surface area contributed by atoms with Gasteiger partial charge in [0, 0.05) is 63.8 Å². The summed E-state index contributed by atoms with van der Waals surface area (Å²) in [4.78, 5) is 13.3. The van der Waals surface area contributed by atoms with Crippen molar-refractivity contribution in [1.82, 2.24) is 19.2 Å². The predicted octanol–water partition coefficient (Wildman–Crippen LogP) is 1.40. The predicted molar refractivity (Wildman–Crippen MR) is 82.3 cm³/mol. The molecule has 1 fully saturated rings. The lowest BCUT2D eigenvalue weighted by atomic mass is 10.2. The van der Waals surface area contributed by atoms with Crippen molar-refractivity contribution in [3.8, 4) is 0 Å². The Balaban J connectivity index is 1.52. The molecule has 0 radical (unpaired) electrons. The molecule has 0 aromatic carbocycles. The number of hydrogen-bond acceptors (Lipinski definition) is 7. The zero-order valence-corrected chi connectivity index (χ0v) is 12.9. The zero-order chi connectivity index (χ0) is 14.5. The van der Waals surface area contributed by atoms with Crippen LogP contribution in [0, 0.1) is 0 Å². The van der Waals surface area contributed by atoms with E-state index in [1.165, 1.54) is 17.1 Å². The van der Waals surface area contributed by atoms with Crippen molar-refractivity contribution in [2.45, 2.75) is 13.2 Å². The van der Waals surface area contributed by atoms with Gasteiger partial charge in [0.25, 0.3) is 0 Å². The fourth-order valence-corrected chi connectivity index (χ4v) is 3.13. The van der Waals surface area contributed by atoms with Crippen molar-refractivity contribution in [2.75, 3.05) is 38.2 Å². The van der Waals surface area contributed by atoms with E-state index in [-0.39, 0.29) is 0 Å². The second-order valence-electron chi connectivity index (χ2n) is 5.04. The lowest BCUT2D eigenvalue weighted by molar-refractivity contribution is 0.179. The molecule has 6 nitrogen and oxygen atoms in total. The molecule has 0 N–H and O–H groups in total. The molecular formula is C14H19N5OS. The molecule has 21 heavy (non-hydrogen) atoms. The monoisotopic (exact) mass is 305 g/mol. The number of piperazine rings is 1. The minimum atomic E-state index is 0.485. The molecule has 0 spiro atoms. The largest absolute Gasteiger partial charge is 0.377 e. The molecule has 1 aliphatic rings. The van der Waals surface area contributed by atoms with Crippen LogP contribution >= 0.6 is 11.5 Å². The number of hydrogen-bond donors (Lipinski definition) is 0. The molecule has 2 aromatic heterocycles. The molecule has 7 heteroatoms. The van der Waals surface area contributed by atoms with E-state index in [0.717, 1.165) is 43.7 Å². The molecule has 0 aliphatic carbocycles. The van der Waals surface area contributed by atoms with Crippen LogP contribution in [0.2, 0.25) is 0 Å². The smallest absolute Gasteiger partial charge is 0.205 e. The van der Waals surface area contributed by atoms with Crippen LogP contribution in [0.25, 0.3) is 0 Å². The van der Waals surface area contributed by atoms with Gasteiger partial charge in [-0.15, -0.1) is 0 Å². The van der Waals surface area contributed by atoms with Gasteiger partial charge in [0.1, 0.15) is 6.61 Å². The Bertz CT molecular complexity index is 554. The maximum absolute atomic E-state index is 5.06. The van der Waals surface area contributed by atoms with E-state index < -0.39 is 0 Å². The van der Waals surface area contributed by atoms with Crippen LogP contribution in [0.3, 0.4) is 0 Å². The number of anilines is 1. The molecule has 0 amide bonds. The van der Waals surface area contributed by atoms with Gasteiger partial charge in [-0.1, -0.05) is 0 Å². The minimum Gasteiger partial charge on any atom is -0.377 e. The highest BCUT2D eigenvalue weighted by Gasteiger charge is 2.20. The summed E-state index contributed by atoms with van der Waals surface area (Å²) in [5.41, 5.74) is 1.32. The van der Waals surface area contributed by atoms with Gasteiger partial charge in [-0.05, 0) is 17.7 Å². The molecule has 0 unspecified atom stereocenters. The molecule has 0 atom stereocenters. The summed E-state index contributed by atoms with van der Waals surface area (Å²) < 4.78 is 9.37. The Labute approximate surface area is 128 Å². The summed E-state index contributed by atoms with van der Waals surface area (Å²) in [7, 11) is 1.67. The summed E-state index contributed by atoms with van der Waals surface area (Å²) in [5.74, 6) is 0.775. The highest BCUT2D eigenvalue weighted by molar-refractivity contribution is 7.09. The molecule has 2 aromatic rings. The number of methoxy groups -OCH3 is 1. The van der Waals surface area contributed by atoms with Crippen molar-refractivity contribution >= 4 is 16.7 Å². The highest BCUT2D eigenvalue weighted by Crippen LogP contribution is 2.19. The Hall–Kier alpha value is -1.57. The van der Waals surface area contributed by atoms with Gasteiger partial charge in [-0.2, -0.15) is 4.37 Å². The maximum Gasteiger partial charge on any atom is 0.205 e. The van der Waals surface area contributed by atoms with Gasteiger partial charge in [0.05, 0.1) is 0 Å². The summed E-state index contributed by atoms with van der Waals surface area (Å²) in [6, 6.07) is 4.16. The minimum absolute atomic E-state index is 0.485. The topological polar surface area (TPSA) is 54.4 Å². The third-order valence-corrected chi connectivity index (χ3v) is 4.34. The van der Waals surface area contributed by atoms with Crippen molar-refractivity contribution in [3.63, 3.8) is 0 Å². The van der Waals surface area contributed by atoms with Crippen molar-refractivity contribution in [1.29, 1.82) is 0 Å². The summed E-state index contributed by atoms with van der Waals surface area (Å²) in [6.45, 7) is 5.54. The molecular weight excluding hydrogens is 286 g/mol. The van der Waals surface area contributed by atoms with Gasteiger partial charge < -0.3 is 9.64 Å². The lowest BCUT2D eigenvalue weighted by Crippen LogP contribution is -2.45. The Kier molecular flexibility index (Phi) is 4.74. The third kappa shape index (κ3) is 3.75. The fraction of sp³-hybridized carbons (Fsp3) is 0.500. The maximum atomic E-state index is 5.06. The van der Waals surface area contributed by atoms with Crippen LogP contribution in [0.15, 0.2) is 24.5 Å². The first-order valence-corrected chi connectivity index (χ1v) is 7.80. The molecule has 0 saturated carbocycles. The summed E-state index contributed by atoms with van der Waals surface area (Å²) in [6.07, 6.45) is 3.70. The average Bonchev–Trinajstić information content (AvgIpc) is 2.98. The normalized spacial score (nSPS) is 16.3. The summed E-state index contributed by atoms with van der Waals surface area (Å²) >= 11 is 1.46. The van der Waals surface area contributed by atoms with E-state index in [9.17, 15) is 0 Å². The van der Waals surface area contributed by atoms with E-state index in [4.69, 9.17) is 4.74 Å². The number of aromatic nitrogens is 3. The van der Waals surface area contributed by atoms with Crippen LogP contribution in [-0.4, -0.2) is 52.5 Å². The second-order valence-corrected chi connectivity index (χ2v) is 5.78. The van der Waals surface area contributed by atoms with Gasteiger partial charge in [0.15, 0.2) is 5.82 Å². The van der Waals surface area contributed by atoms with E-state index >= 15 is 0 Å². The fourth-order valence-electron chi connectivity index (χ4n) is 2.40. The first-order valence-electron chi connectivity index (χ1n) is 7.03. The Morgan fingerprint density at radius 2 is 1.95 bits per heavy atom. The van der Waals surface area contributed by atoms with E-state index in [2.05, 4.69) is 36.3 Å². The van der Waals surface area contributed by atoms with Crippen molar-refractivity contribution in [2.24, 2.45) is 0 Å². The van der Waals surface area contributed by atoms with E-state index in [0.29, 0.717) is 6.61 Å². The number of rotatable bonds is 5. The van der Waals surface area contributed by atoms with Crippen molar-refractivity contribution in [3.05, 3.63) is 35.9 Å². The number of nitrogens with zero attached hydrogens (tertiary/aromatic N) is 5. The van der Waals surface area contributed by atoms with Gasteiger partial charge in [-0.3, -0.25) is 9.88 Å². The number of pyridine rings is 1. The van der Waals surface area contributed by atoms with Crippen LogP contribution in [0.4, 0.5) is 5.13 Å². The molecule has 0 bridgehead atoms. The third-order valence-electron chi connectivity index (χ3n) is 3.53. The first-order chi connectivity index (χ1) is 10.3. The molecule has 3 rings (SSSR count). The lowest BCUT2D eigenvalue weighted by Gasteiger charge is -2.34. The standard InChI is InChI=1S/C14H19N5OS/c1-20-11-13-16-14(21-17-13)19-8-6-18(7-9-19)10-12-2-4-15-5-3-12/h2-5H,6-11H2,1H3.